The van der Waals surface area contributed by atoms with Crippen LogP contribution >= 0.6 is 0 Å². The molecule has 3 heterocycles. The summed E-state index contributed by atoms with van der Waals surface area (Å²) in [6.45, 7) is 4.21. The Morgan fingerprint density at radius 2 is 1.96 bits per heavy atom. The molecule has 4 rings (SSSR count). The zero-order valence-electron chi connectivity index (χ0n) is 15.5. The number of benzene rings is 1. The van der Waals surface area contributed by atoms with Crippen molar-refractivity contribution in [3.05, 3.63) is 36.2 Å². The number of hydrogen-bond donors (Lipinski definition) is 1. The van der Waals surface area contributed by atoms with E-state index in [0.717, 1.165) is 19.4 Å². The number of amides is 1. The fraction of sp³-hybridized carbons (Fsp3) is 0.450. The van der Waals surface area contributed by atoms with Crippen LogP contribution in [-0.2, 0) is 0 Å². The van der Waals surface area contributed by atoms with Gasteiger partial charge in [0.2, 0.25) is 5.95 Å². The summed E-state index contributed by atoms with van der Waals surface area (Å²) in [5.41, 5.74) is 1.08. The molecule has 2 aromatic rings. The topological polar surface area (TPSA) is 76.6 Å². The van der Waals surface area contributed by atoms with Crippen molar-refractivity contribution in [2.75, 3.05) is 30.0 Å². The zero-order valence-corrected chi connectivity index (χ0v) is 15.5. The number of aromatic nitrogens is 2. The summed E-state index contributed by atoms with van der Waals surface area (Å²) >= 11 is 0. The van der Waals surface area contributed by atoms with Crippen molar-refractivity contribution < 1.29 is 14.3 Å². The number of anilines is 2. The highest BCUT2D eigenvalue weighted by Crippen LogP contribution is 2.32. The van der Waals surface area contributed by atoms with Crippen molar-refractivity contribution in [3.8, 4) is 11.5 Å². The first-order valence-electron chi connectivity index (χ1n) is 9.54. The van der Waals surface area contributed by atoms with E-state index in [2.05, 4.69) is 27.1 Å². The predicted molar refractivity (Wildman–Crippen MR) is 103 cm³/mol. The maximum atomic E-state index is 12.5. The third kappa shape index (κ3) is 3.82. The first kappa shape index (κ1) is 17.6. The van der Waals surface area contributed by atoms with E-state index in [9.17, 15) is 4.79 Å². The van der Waals surface area contributed by atoms with Crippen LogP contribution in [0.1, 0.15) is 43.0 Å². The Balaban J connectivity index is 1.45. The van der Waals surface area contributed by atoms with Crippen molar-refractivity contribution >= 4 is 17.5 Å². The summed E-state index contributed by atoms with van der Waals surface area (Å²) in [7, 11) is 0. The number of nitrogens with one attached hydrogen (secondary N) is 1. The van der Waals surface area contributed by atoms with Crippen molar-refractivity contribution in [1.82, 2.24) is 9.97 Å². The van der Waals surface area contributed by atoms with Gasteiger partial charge >= 0.3 is 0 Å². The number of carbonyl (C=O) groups excluding carboxylic acids is 1. The van der Waals surface area contributed by atoms with E-state index in [1.807, 2.05) is 0 Å². The molecule has 1 N–H and O–H groups in total. The molecule has 1 saturated heterocycles. The van der Waals surface area contributed by atoms with Gasteiger partial charge in [0.1, 0.15) is 13.2 Å². The first-order chi connectivity index (χ1) is 13.2. The lowest BCUT2D eigenvalue weighted by atomic mass is 10.0. The first-order valence-corrected chi connectivity index (χ1v) is 9.54. The van der Waals surface area contributed by atoms with E-state index in [1.54, 1.807) is 30.6 Å². The van der Waals surface area contributed by atoms with E-state index in [-0.39, 0.29) is 5.91 Å². The maximum absolute atomic E-state index is 12.5. The number of rotatable bonds is 4. The second-order valence-corrected chi connectivity index (χ2v) is 6.84. The molecule has 1 amide bonds. The molecule has 7 heteroatoms. The summed E-state index contributed by atoms with van der Waals surface area (Å²) in [5, 5.41) is 2.86. The molecule has 142 valence electrons. The monoisotopic (exact) mass is 368 g/mol. The van der Waals surface area contributed by atoms with Crippen LogP contribution in [-0.4, -0.2) is 41.7 Å². The third-order valence-corrected chi connectivity index (χ3v) is 5.06. The molecule has 2 aliphatic rings. The highest BCUT2D eigenvalue weighted by atomic mass is 16.6. The van der Waals surface area contributed by atoms with Crippen LogP contribution < -0.4 is 19.7 Å². The van der Waals surface area contributed by atoms with Crippen LogP contribution in [0.2, 0.25) is 0 Å². The summed E-state index contributed by atoms with van der Waals surface area (Å²) in [4.78, 5) is 23.7. The van der Waals surface area contributed by atoms with Gasteiger partial charge in [-0.2, -0.15) is 0 Å². The highest BCUT2D eigenvalue weighted by molar-refractivity contribution is 6.04. The molecule has 0 saturated carbocycles. The van der Waals surface area contributed by atoms with Gasteiger partial charge < -0.3 is 19.7 Å². The predicted octanol–water partition coefficient (Wildman–Crippen LogP) is 3.27. The fourth-order valence-electron chi connectivity index (χ4n) is 3.60. The standard InChI is InChI=1S/C20H24N4O3/c1-2-16-5-3-4-8-24(16)20-21-12-14(13-22-20)19(25)23-15-6-7-17-18(11-15)27-10-9-26-17/h6-7,11-13,16H,2-5,8-10H2,1H3,(H,23,25). The molecule has 1 fully saturated rings. The number of carbonyl (C=O) groups is 1. The lowest BCUT2D eigenvalue weighted by Crippen LogP contribution is -2.40. The van der Waals surface area contributed by atoms with E-state index in [0.29, 0.717) is 48.0 Å². The molecule has 1 atom stereocenters. The molecule has 0 radical (unpaired) electrons. The molecule has 0 aliphatic carbocycles. The maximum Gasteiger partial charge on any atom is 0.258 e. The van der Waals surface area contributed by atoms with Crippen LogP contribution in [0, 0.1) is 0 Å². The van der Waals surface area contributed by atoms with Gasteiger partial charge in [-0.3, -0.25) is 4.79 Å². The number of fused-ring (bicyclic) bond motifs is 1. The van der Waals surface area contributed by atoms with Crippen LogP contribution in [0.4, 0.5) is 11.6 Å². The Bertz CT molecular complexity index is 809. The second kappa shape index (κ2) is 7.82. The van der Waals surface area contributed by atoms with Gasteiger partial charge in [-0.15, -0.1) is 0 Å². The molecule has 1 aromatic carbocycles. The Labute approximate surface area is 158 Å². The summed E-state index contributed by atoms with van der Waals surface area (Å²) < 4.78 is 11.0. The average molecular weight is 368 g/mol. The minimum absolute atomic E-state index is 0.246. The number of piperidine rings is 1. The summed E-state index contributed by atoms with van der Waals surface area (Å²) in [6, 6.07) is 5.84. The number of nitrogens with zero attached hydrogens (tertiary/aromatic N) is 3. The minimum atomic E-state index is -0.246. The molecule has 1 unspecified atom stereocenters. The Hall–Kier alpha value is -2.83. The lowest BCUT2D eigenvalue weighted by molar-refractivity contribution is 0.102. The van der Waals surface area contributed by atoms with E-state index in [1.165, 1.54) is 12.8 Å². The Morgan fingerprint density at radius 1 is 1.19 bits per heavy atom. The molecule has 2 aliphatic heterocycles. The number of hydrogen-bond acceptors (Lipinski definition) is 6. The average Bonchev–Trinajstić information content (AvgIpc) is 2.73. The van der Waals surface area contributed by atoms with Crippen LogP contribution in [0.3, 0.4) is 0 Å². The van der Waals surface area contributed by atoms with E-state index < -0.39 is 0 Å². The van der Waals surface area contributed by atoms with E-state index >= 15 is 0 Å². The van der Waals surface area contributed by atoms with Crippen LogP contribution in [0.5, 0.6) is 11.5 Å². The zero-order chi connectivity index (χ0) is 18.6. The van der Waals surface area contributed by atoms with Gasteiger partial charge in [0, 0.05) is 36.7 Å². The quantitative estimate of drug-likeness (QED) is 0.893. The molecule has 1 aromatic heterocycles. The van der Waals surface area contributed by atoms with Crippen molar-refractivity contribution in [2.45, 2.75) is 38.6 Å². The van der Waals surface area contributed by atoms with E-state index in [4.69, 9.17) is 9.47 Å². The Kier molecular flexibility index (Phi) is 5.09. The van der Waals surface area contributed by atoms with Gasteiger partial charge in [0.05, 0.1) is 5.56 Å². The highest BCUT2D eigenvalue weighted by Gasteiger charge is 2.23. The molecule has 0 spiro atoms. The normalized spacial score (nSPS) is 18.9. The summed E-state index contributed by atoms with van der Waals surface area (Å²) in [6.07, 6.45) is 7.85. The van der Waals surface area contributed by atoms with Crippen molar-refractivity contribution in [2.24, 2.45) is 0 Å². The van der Waals surface area contributed by atoms with Gasteiger partial charge in [0.25, 0.3) is 5.91 Å². The minimum Gasteiger partial charge on any atom is -0.486 e. The van der Waals surface area contributed by atoms with Gasteiger partial charge in [-0.05, 0) is 37.8 Å². The van der Waals surface area contributed by atoms with Crippen LogP contribution in [0.15, 0.2) is 30.6 Å². The molecular formula is C20H24N4O3. The molecular weight excluding hydrogens is 344 g/mol. The summed E-state index contributed by atoms with van der Waals surface area (Å²) in [5.74, 6) is 1.79. The van der Waals surface area contributed by atoms with Gasteiger partial charge in [0.15, 0.2) is 11.5 Å². The van der Waals surface area contributed by atoms with Crippen molar-refractivity contribution in [1.29, 1.82) is 0 Å². The smallest absolute Gasteiger partial charge is 0.258 e. The van der Waals surface area contributed by atoms with Gasteiger partial charge in [-0.1, -0.05) is 6.92 Å². The lowest BCUT2D eigenvalue weighted by Gasteiger charge is -2.35. The molecule has 0 bridgehead atoms. The van der Waals surface area contributed by atoms with Crippen molar-refractivity contribution in [3.63, 3.8) is 0 Å². The largest absolute Gasteiger partial charge is 0.486 e. The Morgan fingerprint density at radius 3 is 2.74 bits per heavy atom. The van der Waals surface area contributed by atoms with Gasteiger partial charge in [-0.25, -0.2) is 9.97 Å². The number of ether oxygens (including phenoxy) is 2. The third-order valence-electron chi connectivity index (χ3n) is 5.06. The fourth-order valence-corrected chi connectivity index (χ4v) is 3.60. The second-order valence-electron chi connectivity index (χ2n) is 6.84. The SMILES string of the molecule is CCC1CCCCN1c1ncc(C(=O)Nc2ccc3c(c2)OCCO3)cn1. The molecule has 27 heavy (non-hydrogen) atoms. The van der Waals surface area contributed by atoms with Crippen LogP contribution in [0.25, 0.3) is 0 Å². The molecule has 7 nitrogen and oxygen atoms in total.